The largest absolute Gasteiger partial charge is 0.397 e. The Hall–Kier alpha value is -1.58. The highest BCUT2D eigenvalue weighted by Crippen LogP contribution is 2.35. The molecular formula is C14H19N3O. The van der Waals surface area contributed by atoms with Crippen molar-refractivity contribution in [1.82, 2.24) is 4.98 Å². The predicted octanol–water partition coefficient (Wildman–Crippen LogP) is 2.35. The van der Waals surface area contributed by atoms with Crippen LogP contribution in [0.1, 0.15) is 38.5 Å². The van der Waals surface area contributed by atoms with Gasteiger partial charge in [-0.1, -0.05) is 6.42 Å². The molecule has 0 aliphatic heterocycles. The molecule has 0 radical (unpaired) electrons. The Morgan fingerprint density at radius 2 is 2.11 bits per heavy atom. The minimum Gasteiger partial charge on any atom is -0.397 e. The summed E-state index contributed by atoms with van der Waals surface area (Å²) in [6, 6.07) is 4.04. The SMILES string of the molecule is Nc1ccc(N(C(=O)CC2CCC2)C2CC2)nc1. The molecule has 1 aromatic rings. The highest BCUT2D eigenvalue weighted by atomic mass is 16.2. The summed E-state index contributed by atoms with van der Waals surface area (Å²) in [5.41, 5.74) is 6.28. The van der Waals surface area contributed by atoms with E-state index in [4.69, 9.17) is 5.73 Å². The molecule has 2 N–H and O–H groups in total. The molecule has 0 unspecified atom stereocenters. The van der Waals surface area contributed by atoms with E-state index in [1.54, 1.807) is 6.20 Å². The van der Waals surface area contributed by atoms with Crippen LogP contribution < -0.4 is 10.6 Å². The number of pyridine rings is 1. The maximum absolute atomic E-state index is 12.4. The topological polar surface area (TPSA) is 59.2 Å². The van der Waals surface area contributed by atoms with Gasteiger partial charge in [-0.25, -0.2) is 4.98 Å². The number of aromatic nitrogens is 1. The van der Waals surface area contributed by atoms with Crippen LogP contribution in [0.4, 0.5) is 11.5 Å². The maximum atomic E-state index is 12.4. The Kier molecular flexibility index (Phi) is 2.94. The van der Waals surface area contributed by atoms with Gasteiger partial charge in [0.25, 0.3) is 0 Å². The third-order valence-corrected chi connectivity index (χ3v) is 3.89. The van der Waals surface area contributed by atoms with Crippen molar-refractivity contribution in [3.05, 3.63) is 18.3 Å². The number of nitrogens with zero attached hydrogens (tertiary/aromatic N) is 2. The van der Waals surface area contributed by atoms with Gasteiger partial charge in [0.05, 0.1) is 11.9 Å². The van der Waals surface area contributed by atoms with E-state index in [9.17, 15) is 4.79 Å². The van der Waals surface area contributed by atoms with Gasteiger partial charge in [0, 0.05) is 12.5 Å². The molecule has 0 bridgehead atoms. The Morgan fingerprint density at radius 1 is 1.33 bits per heavy atom. The number of carbonyl (C=O) groups excluding carboxylic acids is 1. The molecule has 1 heterocycles. The number of hydrogen-bond donors (Lipinski definition) is 1. The molecule has 2 saturated carbocycles. The summed E-state index contributed by atoms with van der Waals surface area (Å²) >= 11 is 0. The Morgan fingerprint density at radius 3 is 2.61 bits per heavy atom. The zero-order valence-electron chi connectivity index (χ0n) is 10.5. The van der Waals surface area contributed by atoms with Crippen LogP contribution in [-0.2, 0) is 4.79 Å². The first-order valence-electron chi connectivity index (χ1n) is 6.77. The molecule has 96 valence electrons. The second-order valence-electron chi connectivity index (χ2n) is 5.45. The summed E-state index contributed by atoms with van der Waals surface area (Å²) in [5.74, 6) is 1.60. The van der Waals surface area contributed by atoms with Crippen molar-refractivity contribution in [2.75, 3.05) is 10.6 Å². The van der Waals surface area contributed by atoms with Gasteiger partial charge in [0.15, 0.2) is 0 Å². The van der Waals surface area contributed by atoms with Crippen LogP contribution in [-0.4, -0.2) is 16.9 Å². The van der Waals surface area contributed by atoms with Gasteiger partial charge in [0.1, 0.15) is 5.82 Å². The van der Waals surface area contributed by atoms with Crippen LogP contribution in [0.25, 0.3) is 0 Å². The van der Waals surface area contributed by atoms with Gasteiger partial charge in [-0.05, 0) is 43.7 Å². The number of nitrogens with two attached hydrogens (primary N) is 1. The lowest BCUT2D eigenvalue weighted by Crippen LogP contribution is -2.35. The minimum absolute atomic E-state index is 0.236. The molecule has 18 heavy (non-hydrogen) atoms. The van der Waals surface area contributed by atoms with E-state index in [0.717, 1.165) is 18.7 Å². The number of anilines is 2. The average molecular weight is 245 g/mol. The molecule has 1 aromatic heterocycles. The zero-order chi connectivity index (χ0) is 12.5. The van der Waals surface area contributed by atoms with Crippen molar-refractivity contribution in [2.24, 2.45) is 5.92 Å². The van der Waals surface area contributed by atoms with Crippen molar-refractivity contribution >= 4 is 17.4 Å². The van der Waals surface area contributed by atoms with E-state index in [-0.39, 0.29) is 5.91 Å². The number of amides is 1. The number of hydrogen-bond acceptors (Lipinski definition) is 3. The molecule has 0 saturated heterocycles. The van der Waals surface area contributed by atoms with Crippen molar-refractivity contribution in [3.63, 3.8) is 0 Å². The average Bonchev–Trinajstić information content (AvgIpc) is 3.11. The molecule has 4 heteroatoms. The van der Waals surface area contributed by atoms with Crippen LogP contribution >= 0.6 is 0 Å². The summed E-state index contributed by atoms with van der Waals surface area (Å²) in [4.78, 5) is 18.5. The second-order valence-corrected chi connectivity index (χ2v) is 5.45. The first-order valence-corrected chi connectivity index (χ1v) is 6.77. The lowest BCUT2D eigenvalue weighted by Gasteiger charge is -2.28. The first kappa shape index (κ1) is 11.5. The first-order chi connectivity index (χ1) is 8.74. The van der Waals surface area contributed by atoms with Crippen LogP contribution in [0.2, 0.25) is 0 Å². The Bertz CT molecular complexity index is 435. The van der Waals surface area contributed by atoms with E-state index in [0.29, 0.717) is 24.1 Å². The van der Waals surface area contributed by atoms with Gasteiger partial charge in [0.2, 0.25) is 5.91 Å². The monoisotopic (exact) mass is 245 g/mol. The number of nitrogen functional groups attached to an aromatic ring is 1. The number of carbonyl (C=O) groups is 1. The smallest absolute Gasteiger partial charge is 0.228 e. The maximum Gasteiger partial charge on any atom is 0.228 e. The summed E-state index contributed by atoms with van der Waals surface area (Å²) in [5, 5.41) is 0. The van der Waals surface area contributed by atoms with Gasteiger partial charge in [-0.2, -0.15) is 0 Å². The van der Waals surface area contributed by atoms with Crippen LogP contribution in [0.5, 0.6) is 0 Å². The molecule has 2 aliphatic carbocycles. The van der Waals surface area contributed by atoms with Crippen LogP contribution in [0.3, 0.4) is 0 Å². The van der Waals surface area contributed by atoms with Gasteiger partial charge >= 0.3 is 0 Å². The molecule has 4 nitrogen and oxygen atoms in total. The van der Waals surface area contributed by atoms with Crippen LogP contribution in [0.15, 0.2) is 18.3 Å². The van der Waals surface area contributed by atoms with Crippen molar-refractivity contribution in [2.45, 2.75) is 44.6 Å². The fourth-order valence-electron chi connectivity index (χ4n) is 2.43. The fraction of sp³-hybridized carbons (Fsp3) is 0.571. The van der Waals surface area contributed by atoms with Crippen molar-refractivity contribution in [3.8, 4) is 0 Å². The standard InChI is InChI=1S/C14H19N3O/c15-11-4-7-13(16-9-11)17(12-5-6-12)14(18)8-10-2-1-3-10/h4,7,9-10,12H,1-3,5-6,8,15H2. The number of rotatable bonds is 4. The van der Waals surface area contributed by atoms with Gasteiger partial charge in [-0.15, -0.1) is 0 Å². The normalized spacial score (nSPS) is 19.3. The molecule has 3 rings (SSSR count). The van der Waals surface area contributed by atoms with Crippen molar-refractivity contribution in [1.29, 1.82) is 0 Å². The molecule has 0 atom stereocenters. The van der Waals surface area contributed by atoms with E-state index in [1.165, 1.54) is 19.3 Å². The van der Waals surface area contributed by atoms with Crippen LogP contribution in [0, 0.1) is 5.92 Å². The van der Waals surface area contributed by atoms with Crippen molar-refractivity contribution < 1.29 is 4.79 Å². The fourth-order valence-corrected chi connectivity index (χ4v) is 2.43. The van der Waals surface area contributed by atoms with Gasteiger partial charge < -0.3 is 5.73 Å². The molecule has 0 spiro atoms. The molecule has 2 fully saturated rings. The highest BCUT2D eigenvalue weighted by Gasteiger charge is 2.35. The summed E-state index contributed by atoms with van der Waals surface area (Å²) in [6.45, 7) is 0. The molecule has 0 aromatic carbocycles. The third kappa shape index (κ3) is 2.33. The lowest BCUT2D eigenvalue weighted by molar-refractivity contribution is -0.120. The minimum atomic E-state index is 0.236. The zero-order valence-corrected chi connectivity index (χ0v) is 10.5. The molecule has 1 amide bonds. The summed E-state index contributed by atoms with van der Waals surface area (Å²) in [6.07, 6.45) is 8.20. The van der Waals surface area contributed by atoms with E-state index < -0.39 is 0 Å². The van der Waals surface area contributed by atoms with E-state index in [2.05, 4.69) is 4.98 Å². The lowest BCUT2D eigenvalue weighted by atomic mass is 9.82. The Balaban J connectivity index is 1.74. The third-order valence-electron chi connectivity index (χ3n) is 3.89. The quantitative estimate of drug-likeness (QED) is 0.885. The van der Waals surface area contributed by atoms with Gasteiger partial charge in [-0.3, -0.25) is 9.69 Å². The molecule has 2 aliphatic rings. The highest BCUT2D eigenvalue weighted by molar-refractivity contribution is 5.93. The second kappa shape index (κ2) is 4.59. The summed E-state index contributed by atoms with van der Waals surface area (Å²) < 4.78 is 0. The predicted molar refractivity (Wildman–Crippen MR) is 71.1 cm³/mol. The Labute approximate surface area is 107 Å². The van der Waals surface area contributed by atoms with E-state index in [1.807, 2.05) is 17.0 Å². The van der Waals surface area contributed by atoms with E-state index >= 15 is 0 Å². The molecular weight excluding hydrogens is 226 g/mol. The summed E-state index contributed by atoms with van der Waals surface area (Å²) in [7, 11) is 0.